The zero-order valence-electron chi connectivity index (χ0n) is 22.1. The van der Waals surface area contributed by atoms with Crippen LogP contribution in [0.5, 0.6) is 0 Å². The van der Waals surface area contributed by atoms with Gasteiger partial charge in [0.15, 0.2) is 11.4 Å². The van der Waals surface area contributed by atoms with Crippen LogP contribution in [0.1, 0.15) is 44.5 Å². The molecule has 33 heavy (non-hydrogen) atoms. The Hall–Kier alpha value is -3.70. The van der Waals surface area contributed by atoms with E-state index in [9.17, 15) is 0 Å². The first-order chi connectivity index (χ1) is 16.6. The van der Waals surface area contributed by atoms with Crippen LogP contribution in [0.3, 0.4) is 0 Å². The summed E-state index contributed by atoms with van der Waals surface area (Å²) < 4.78 is 19.5. The molecule has 0 aliphatic heterocycles. The van der Waals surface area contributed by atoms with Gasteiger partial charge in [-0.3, -0.25) is 0 Å². The fourth-order valence-corrected chi connectivity index (χ4v) is 5.51. The molecule has 2 nitrogen and oxygen atoms in total. The van der Waals surface area contributed by atoms with E-state index >= 15 is 0 Å². The van der Waals surface area contributed by atoms with E-state index in [0.29, 0.717) is 23.3 Å². The van der Waals surface area contributed by atoms with E-state index in [2.05, 4.69) is 55.9 Å². The predicted octanol–water partition coefficient (Wildman–Crippen LogP) is 7.63. The first-order valence-electron chi connectivity index (χ1n) is 12.3. The number of pyridine rings is 1. The van der Waals surface area contributed by atoms with E-state index in [1.54, 1.807) is 0 Å². The molecule has 0 saturated heterocycles. The number of aromatic nitrogens is 1. The van der Waals surface area contributed by atoms with Crippen molar-refractivity contribution in [2.45, 2.75) is 40.0 Å². The Kier molecular flexibility index (Phi) is 4.24. The van der Waals surface area contributed by atoms with Gasteiger partial charge in [0.25, 0.3) is 0 Å². The molecule has 0 amide bonds. The quantitative estimate of drug-likeness (QED) is 0.228. The topological polar surface area (TPSA) is 8.24 Å². The van der Waals surface area contributed by atoms with Crippen molar-refractivity contribution in [2.24, 2.45) is 7.05 Å². The fraction of sp³-hybridized carbons (Fsp3) is 0.226. The number of nitrogens with zero attached hydrogens (tertiary/aromatic N) is 2. The minimum atomic E-state index is -0.390. The van der Waals surface area contributed by atoms with Crippen molar-refractivity contribution < 1.29 is 7.31 Å². The third-order valence-corrected chi connectivity index (χ3v) is 7.07. The van der Waals surface area contributed by atoms with Crippen LogP contribution in [0.4, 0.5) is 5.69 Å². The van der Waals surface area contributed by atoms with Crippen LogP contribution in [0.25, 0.3) is 38.4 Å². The summed E-state index contributed by atoms with van der Waals surface area (Å²) in [7, 11) is 1.96. The van der Waals surface area contributed by atoms with Crippen LogP contribution in [-0.4, -0.2) is 0 Å². The Morgan fingerprint density at radius 3 is 2.15 bits per heavy atom. The molecule has 0 atom stereocenters. The molecular formula is C31H29N2+. The van der Waals surface area contributed by atoms with Crippen molar-refractivity contribution in [2.75, 3.05) is 0 Å². The maximum atomic E-state index is 9.02. The second kappa shape index (κ2) is 7.42. The number of aryl methyl sites for hydroxylation is 1. The van der Waals surface area contributed by atoms with Crippen molar-refractivity contribution in [3.63, 3.8) is 0 Å². The van der Waals surface area contributed by atoms with Crippen LogP contribution in [0, 0.1) is 27.3 Å². The third kappa shape index (κ3) is 3.04. The monoisotopic (exact) mass is 431 g/mol. The standard InChI is InChI=1S/C31H29N2/c1-19-17-21(3)33(7)26(18-19)27-20(2)13-14-23-24-15-16-25(32-6)28(22-11-9-8-10-12-22)30(24)31(4,5)29(23)27/h8-18H,1-5,7H3/q+1/i17D,18D. The lowest BCUT2D eigenvalue weighted by molar-refractivity contribution is -0.666. The summed E-state index contributed by atoms with van der Waals surface area (Å²) >= 11 is 0. The molecule has 0 bridgehead atoms. The largest absolute Gasteiger partial charge is 0.238 e. The molecular weight excluding hydrogens is 400 g/mol. The molecule has 4 aromatic rings. The molecule has 0 saturated carbocycles. The van der Waals surface area contributed by atoms with E-state index in [1.165, 1.54) is 11.1 Å². The Bertz CT molecular complexity index is 1550. The molecule has 162 valence electrons. The number of rotatable bonds is 2. The van der Waals surface area contributed by atoms with Crippen molar-refractivity contribution >= 4 is 5.69 Å². The van der Waals surface area contributed by atoms with E-state index in [0.717, 1.165) is 44.8 Å². The highest BCUT2D eigenvalue weighted by molar-refractivity contribution is 5.96. The molecule has 0 spiro atoms. The molecule has 1 aliphatic carbocycles. The molecule has 5 rings (SSSR count). The summed E-state index contributed by atoms with van der Waals surface area (Å²) in [5.74, 6) is 0. The van der Waals surface area contributed by atoms with Gasteiger partial charge < -0.3 is 0 Å². The van der Waals surface area contributed by atoms with Crippen LogP contribution in [0.2, 0.25) is 0 Å². The lowest BCUT2D eigenvalue weighted by Crippen LogP contribution is -2.35. The summed E-state index contributed by atoms with van der Waals surface area (Å²) in [6.07, 6.45) is 0. The Labute approximate surface area is 199 Å². The smallest absolute Gasteiger partial charge is 0.213 e. The van der Waals surface area contributed by atoms with Crippen LogP contribution in [0.15, 0.2) is 66.7 Å². The summed E-state index contributed by atoms with van der Waals surface area (Å²) in [6.45, 7) is 18.3. The summed E-state index contributed by atoms with van der Waals surface area (Å²) in [6, 6.07) is 19.4. The van der Waals surface area contributed by atoms with Crippen molar-refractivity contribution in [1.82, 2.24) is 0 Å². The highest BCUT2D eigenvalue weighted by atomic mass is 14.9. The van der Waals surface area contributed by atoms with Crippen LogP contribution in [-0.2, 0) is 12.5 Å². The van der Waals surface area contributed by atoms with Gasteiger partial charge in [0.1, 0.15) is 7.05 Å². The average molecular weight is 432 g/mol. The first-order valence-corrected chi connectivity index (χ1v) is 11.3. The van der Waals surface area contributed by atoms with Gasteiger partial charge in [0.05, 0.1) is 14.9 Å². The zero-order chi connectivity index (χ0) is 25.2. The van der Waals surface area contributed by atoms with E-state index in [-0.39, 0.29) is 0 Å². The van der Waals surface area contributed by atoms with E-state index in [1.807, 2.05) is 49.7 Å². The lowest BCUT2D eigenvalue weighted by Gasteiger charge is -2.27. The molecule has 1 aliphatic rings. The van der Waals surface area contributed by atoms with Crippen molar-refractivity contribution in [3.05, 3.63) is 106 Å². The highest BCUT2D eigenvalue weighted by Crippen LogP contribution is 2.57. The molecule has 0 radical (unpaired) electrons. The molecule has 1 aromatic heterocycles. The van der Waals surface area contributed by atoms with Gasteiger partial charge in [-0.15, -0.1) is 0 Å². The predicted molar refractivity (Wildman–Crippen MR) is 137 cm³/mol. The molecule has 0 fully saturated rings. The molecule has 0 N–H and O–H groups in total. The zero-order valence-corrected chi connectivity index (χ0v) is 20.1. The number of benzene rings is 3. The fourth-order valence-electron chi connectivity index (χ4n) is 5.51. The van der Waals surface area contributed by atoms with Gasteiger partial charge in [-0.05, 0) is 58.4 Å². The third-order valence-electron chi connectivity index (χ3n) is 7.07. The van der Waals surface area contributed by atoms with Crippen LogP contribution >= 0.6 is 0 Å². The number of hydrogen-bond donors (Lipinski definition) is 0. The normalized spacial score (nSPS) is 14.2. The van der Waals surface area contributed by atoms with Gasteiger partial charge in [-0.25, -0.2) is 4.85 Å². The van der Waals surface area contributed by atoms with Crippen LogP contribution < -0.4 is 4.57 Å². The number of fused-ring (bicyclic) bond motifs is 3. The van der Waals surface area contributed by atoms with E-state index in [4.69, 9.17) is 9.31 Å². The maximum Gasteiger partial charge on any atom is 0.213 e. The summed E-state index contributed by atoms with van der Waals surface area (Å²) in [4.78, 5) is 3.91. The average Bonchev–Trinajstić information content (AvgIpc) is 3.09. The van der Waals surface area contributed by atoms with Gasteiger partial charge in [-0.1, -0.05) is 68.4 Å². The minimum Gasteiger partial charge on any atom is -0.238 e. The number of hydrogen-bond acceptors (Lipinski definition) is 0. The second-order valence-corrected chi connectivity index (χ2v) is 9.53. The van der Waals surface area contributed by atoms with Crippen molar-refractivity contribution in [3.8, 4) is 33.5 Å². The van der Waals surface area contributed by atoms with Gasteiger partial charge in [-0.2, -0.15) is 4.57 Å². The molecule has 3 aromatic carbocycles. The van der Waals surface area contributed by atoms with Gasteiger partial charge in [0.2, 0.25) is 5.69 Å². The maximum absolute atomic E-state index is 9.02. The van der Waals surface area contributed by atoms with Gasteiger partial charge in [0, 0.05) is 24.4 Å². The minimum absolute atomic E-state index is 0.390. The first kappa shape index (κ1) is 18.8. The van der Waals surface area contributed by atoms with Crippen molar-refractivity contribution in [1.29, 1.82) is 0 Å². The molecule has 2 heteroatoms. The summed E-state index contributed by atoms with van der Waals surface area (Å²) in [5, 5.41) is 0. The second-order valence-electron chi connectivity index (χ2n) is 9.53. The molecule has 1 heterocycles. The summed E-state index contributed by atoms with van der Waals surface area (Å²) in [5.41, 5.74) is 11.5. The Morgan fingerprint density at radius 2 is 1.48 bits per heavy atom. The molecule has 0 unspecified atom stereocenters. The highest BCUT2D eigenvalue weighted by Gasteiger charge is 2.42. The SMILES string of the molecule is [2H]c1c(C)c([2H])c(-c2c(C)ccc3c2C(C)(C)c2c-3ccc([N+]#[C-])c2-c2ccccc2)[n+](C)c1C. The Morgan fingerprint density at radius 1 is 0.848 bits per heavy atom. The Balaban J connectivity index is 1.92. The van der Waals surface area contributed by atoms with E-state index < -0.39 is 5.41 Å². The lowest BCUT2D eigenvalue weighted by atomic mass is 9.75. The van der Waals surface area contributed by atoms with Gasteiger partial charge >= 0.3 is 0 Å².